The maximum absolute atomic E-state index is 11.6. The van der Waals surface area contributed by atoms with Gasteiger partial charge in [-0.3, -0.25) is 4.79 Å². The molecular weight excluding hydrogens is 230 g/mol. The Kier molecular flexibility index (Phi) is 4.05. The van der Waals surface area contributed by atoms with Crippen LogP contribution >= 0.6 is 11.6 Å². The van der Waals surface area contributed by atoms with Crippen LogP contribution in [0.3, 0.4) is 0 Å². The van der Waals surface area contributed by atoms with E-state index < -0.39 is 5.38 Å². The molecule has 2 rings (SSSR count). The Morgan fingerprint density at radius 2 is 2.00 bits per heavy atom. The second-order valence-corrected chi connectivity index (χ2v) is 5.09. The molecule has 2 fully saturated rings. The Morgan fingerprint density at radius 1 is 1.38 bits per heavy atom. The number of likely N-dealkylation sites (tertiary alicyclic amines) is 1. The number of rotatable bonds is 3. The Labute approximate surface area is 101 Å². The Morgan fingerprint density at radius 3 is 2.44 bits per heavy atom. The molecule has 4 nitrogen and oxygen atoms in total. The van der Waals surface area contributed by atoms with Crippen molar-refractivity contribution in [2.24, 2.45) is 0 Å². The fourth-order valence-corrected chi connectivity index (χ4v) is 2.17. The van der Waals surface area contributed by atoms with Crippen molar-refractivity contribution in [2.45, 2.75) is 37.4 Å². The van der Waals surface area contributed by atoms with E-state index in [0.717, 1.165) is 39.1 Å². The summed E-state index contributed by atoms with van der Waals surface area (Å²) in [6.45, 7) is 4.68. The maximum Gasteiger partial charge on any atom is 0.240 e. The molecule has 0 aromatic heterocycles. The van der Waals surface area contributed by atoms with Gasteiger partial charge in [-0.05, 0) is 19.8 Å². The normalized spacial score (nSPS) is 25.2. The van der Waals surface area contributed by atoms with Gasteiger partial charge in [-0.1, -0.05) is 0 Å². The molecule has 5 heteroatoms. The predicted molar refractivity (Wildman–Crippen MR) is 60.6 cm³/mol. The van der Waals surface area contributed by atoms with Crippen molar-refractivity contribution in [2.75, 3.05) is 26.3 Å². The predicted octanol–water partition coefficient (Wildman–Crippen LogP) is 1.02. The number of carbonyl (C=O) groups excluding carboxylic acids is 1. The first-order chi connectivity index (χ1) is 7.66. The number of carbonyl (C=O) groups is 1. The minimum atomic E-state index is -0.419. The highest BCUT2D eigenvalue weighted by molar-refractivity contribution is 6.30. The summed E-state index contributed by atoms with van der Waals surface area (Å²) in [4.78, 5) is 13.5. The molecule has 2 aliphatic rings. The summed E-state index contributed by atoms with van der Waals surface area (Å²) in [5.41, 5.74) is 0. The smallest absolute Gasteiger partial charge is 0.240 e. The van der Waals surface area contributed by atoms with Crippen LogP contribution in [0.1, 0.15) is 19.8 Å². The molecule has 0 aromatic carbocycles. The molecule has 92 valence electrons. The minimum Gasteiger partial charge on any atom is -0.376 e. The Bertz CT molecular complexity index is 248. The molecule has 0 bridgehead atoms. The second-order valence-electron chi connectivity index (χ2n) is 4.44. The Hall–Kier alpha value is -0.320. The largest absolute Gasteiger partial charge is 0.376 e. The van der Waals surface area contributed by atoms with Gasteiger partial charge in [0.05, 0.1) is 19.3 Å². The molecule has 0 aromatic rings. The topological polar surface area (TPSA) is 38.8 Å². The van der Waals surface area contributed by atoms with Gasteiger partial charge >= 0.3 is 0 Å². The first-order valence-electron chi connectivity index (χ1n) is 5.83. The van der Waals surface area contributed by atoms with Gasteiger partial charge in [-0.15, -0.1) is 11.6 Å². The van der Waals surface area contributed by atoms with E-state index in [1.807, 2.05) is 4.90 Å². The molecule has 0 aliphatic carbocycles. The fourth-order valence-electron chi connectivity index (χ4n) is 2.03. The van der Waals surface area contributed by atoms with Crippen molar-refractivity contribution < 1.29 is 14.3 Å². The molecule has 1 unspecified atom stereocenters. The van der Waals surface area contributed by atoms with E-state index in [1.54, 1.807) is 6.92 Å². The molecular formula is C11H18ClNO3. The van der Waals surface area contributed by atoms with E-state index >= 15 is 0 Å². The van der Waals surface area contributed by atoms with E-state index in [-0.39, 0.29) is 18.1 Å². The van der Waals surface area contributed by atoms with Gasteiger partial charge in [0, 0.05) is 13.1 Å². The average molecular weight is 248 g/mol. The van der Waals surface area contributed by atoms with Crippen LogP contribution in [0.15, 0.2) is 0 Å². The van der Waals surface area contributed by atoms with Crippen molar-refractivity contribution in [1.82, 2.24) is 4.90 Å². The van der Waals surface area contributed by atoms with Crippen molar-refractivity contribution in [3.05, 3.63) is 0 Å². The molecule has 0 radical (unpaired) electrons. The van der Waals surface area contributed by atoms with Gasteiger partial charge in [0.2, 0.25) is 5.91 Å². The lowest BCUT2D eigenvalue weighted by atomic mass is 10.1. The van der Waals surface area contributed by atoms with Gasteiger partial charge in [0.25, 0.3) is 0 Å². The zero-order chi connectivity index (χ0) is 11.5. The number of hydrogen-bond donors (Lipinski definition) is 0. The summed E-state index contributed by atoms with van der Waals surface area (Å²) < 4.78 is 10.9. The lowest BCUT2D eigenvalue weighted by Gasteiger charge is -2.36. The number of ether oxygens (including phenoxy) is 2. The zero-order valence-corrected chi connectivity index (χ0v) is 10.3. The van der Waals surface area contributed by atoms with Crippen molar-refractivity contribution >= 4 is 17.5 Å². The molecule has 1 amide bonds. The van der Waals surface area contributed by atoms with Gasteiger partial charge in [0.15, 0.2) is 0 Å². The summed E-state index contributed by atoms with van der Waals surface area (Å²) in [5, 5.41) is -0.419. The van der Waals surface area contributed by atoms with E-state index in [9.17, 15) is 4.79 Å². The van der Waals surface area contributed by atoms with Gasteiger partial charge in [-0.25, -0.2) is 0 Å². The molecule has 2 saturated heterocycles. The lowest BCUT2D eigenvalue weighted by Crippen LogP contribution is -2.46. The monoisotopic (exact) mass is 247 g/mol. The summed E-state index contributed by atoms with van der Waals surface area (Å²) in [6.07, 6.45) is 2.38. The van der Waals surface area contributed by atoms with E-state index in [4.69, 9.17) is 21.1 Å². The second kappa shape index (κ2) is 5.34. The maximum atomic E-state index is 11.6. The third-order valence-electron chi connectivity index (χ3n) is 3.09. The van der Waals surface area contributed by atoms with Crippen LogP contribution in [0, 0.1) is 0 Å². The van der Waals surface area contributed by atoms with Gasteiger partial charge < -0.3 is 14.4 Å². The first kappa shape index (κ1) is 12.1. The quantitative estimate of drug-likeness (QED) is 0.699. The average Bonchev–Trinajstić information content (AvgIpc) is 2.23. The third-order valence-corrected chi connectivity index (χ3v) is 3.27. The van der Waals surface area contributed by atoms with Crippen molar-refractivity contribution in [1.29, 1.82) is 0 Å². The van der Waals surface area contributed by atoms with Crippen molar-refractivity contribution in [3.63, 3.8) is 0 Å². The van der Waals surface area contributed by atoms with Gasteiger partial charge in [-0.2, -0.15) is 0 Å². The summed E-state index contributed by atoms with van der Waals surface area (Å²) in [5.74, 6) is 0.0343. The highest BCUT2D eigenvalue weighted by Crippen LogP contribution is 2.19. The van der Waals surface area contributed by atoms with Crippen LogP contribution < -0.4 is 0 Å². The molecule has 0 saturated carbocycles. The standard InChI is InChI=1S/C11H18ClNO3/c1-8(12)11(14)13-4-2-9(3-5-13)16-10-6-15-7-10/h8-10H,2-7H2,1H3. The highest BCUT2D eigenvalue weighted by atomic mass is 35.5. The number of nitrogens with zero attached hydrogens (tertiary/aromatic N) is 1. The SMILES string of the molecule is CC(Cl)C(=O)N1CCC(OC2COC2)CC1. The lowest BCUT2D eigenvalue weighted by molar-refractivity contribution is -0.164. The zero-order valence-electron chi connectivity index (χ0n) is 9.52. The molecule has 2 aliphatic heterocycles. The van der Waals surface area contributed by atoms with Crippen LogP contribution in [0.25, 0.3) is 0 Å². The third kappa shape index (κ3) is 2.87. The minimum absolute atomic E-state index is 0.0343. The summed E-state index contributed by atoms with van der Waals surface area (Å²) >= 11 is 5.77. The molecule has 0 N–H and O–H groups in total. The van der Waals surface area contributed by atoms with E-state index in [1.165, 1.54) is 0 Å². The molecule has 16 heavy (non-hydrogen) atoms. The van der Waals surface area contributed by atoms with E-state index in [0.29, 0.717) is 0 Å². The Balaban J connectivity index is 1.71. The number of piperidine rings is 1. The number of alkyl halides is 1. The highest BCUT2D eigenvalue weighted by Gasteiger charge is 2.29. The van der Waals surface area contributed by atoms with Crippen LogP contribution in [-0.2, 0) is 14.3 Å². The number of amides is 1. The van der Waals surface area contributed by atoms with Crippen LogP contribution in [0.4, 0.5) is 0 Å². The van der Waals surface area contributed by atoms with Gasteiger partial charge in [0.1, 0.15) is 11.5 Å². The number of hydrogen-bond acceptors (Lipinski definition) is 3. The number of halogens is 1. The van der Waals surface area contributed by atoms with Crippen LogP contribution in [-0.4, -0.2) is 54.7 Å². The molecule has 2 heterocycles. The summed E-state index contributed by atoms with van der Waals surface area (Å²) in [6, 6.07) is 0. The molecule has 0 spiro atoms. The van der Waals surface area contributed by atoms with Crippen LogP contribution in [0.5, 0.6) is 0 Å². The first-order valence-corrected chi connectivity index (χ1v) is 6.26. The van der Waals surface area contributed by atoms with Crippen molar-refractivity contribution in [3.8, 4) is 0 Å². The van der Waals surface area contributed by atoms with E-state index in [2.05, 4.69) is 0 Å². The molecule has 1 atom stereocenters. The summed E-state index contributed by atoms with van der Waals surface area (Å²) in [7, 11) is 0. The fraction of sp³-hybridized carbons (Fsp3) is 0.909. The van der Waals surface area contributed by atoms with Crippen LogP contribution in [0.2, 0.25) is 0 Å².